The van der Waals surface area contributed by atoms with E-state index >= 15 is 0 Å². The Hall–Kier alpha value is -1.64. The lowest BCUT2D eigenvalue weighted by molar-refractivity contribution is 0.177. The molecule has 1 heterocycles. The molecule has 122 valence electrons. The summed E-state index contributed by atoms with van der Waals surface area (Å²) in [7, 11) is 2.03. The molecule has 23 heavy (non-hydrogen) atoms. The fraction of sp³-hybridized carbons (Fsp3) is 0.429. The molecule has 3 rings (SSSR count). The van der Waals surface area contributed by atoms with Gasteiger partial charge in [0.2, 0.25) is 0 Å². The highest BCUT2D eigenvalue weighted by Gasteiger charge is 2.37. The molecule has 1 saturated heterocycles. The molecule has 0 saturated carbocycles. The van der Waals surface area contributed by atoms with E-state index in [1.807, 2.05) is 7.05 Å². The monoisotopic (exact) mass is 308 g/mol. The fourth-order valence-electron chi connectivity index (χ4n) is 3.90. The highest BCUT2D eigenvalue weighted by molar-refractivity contribution is 5.40. The normalized spacial score (nSPS) is 18.0. The van der Waals surface area contributed by atoms with Crippen molar-refractivity contribution in [3.05, 3.63) is 71.8 Å². The van der Waals surface area contributed by atoms with Crippen LogP contribution in [-0.2, 0) is 5.41 Å². The number of hydrogen-bond donors (Lipinski definition) is 1. The summed E-state index contributed by atoms with van der Waals surface area (Å²) in [6.45, 7) is 4.69. The van der Waals surface area contributed by atoms with E-state index in [0.717, 1.165) is 6.54 Å². The van der Waals surface area contributed by atoms with Crippen LogP contribution in [0.4, 0.5) is 0 Å². The Bertz CT molecular complexity index is 530. The summed E-state index contributed by atoms with van der Waals surface area (Å²) in [5.74, 6) is 0. The first-order valence-corrected chi connectivity index (χ1v) is 8.83. The van der Waals surface area contributed by atoms with E-state index in [2.05, 4.69) is 70.9 Å². The molecule has 1 aliphatic heterocycles. The van der Waals surface area contributed by atoms with E-state index in [1.54, 1.807) is 0 Å². The summed E-state index contributed by atoms with van der Waals surface area (Å²) in [5, 5.41) is 3.25. The quantitative estimate of drug-likeness (QED) is 0.819. The van der Waals surface area contributed by atoms with Crippen LogP contribution in [0.2, 0.25) is 0 Å². The molecule has 2 aromatic carbocycles. The van der Waals surface area contributed by atoms with Crippen LogP contribution in [0.3, 0.4) is 0 Å². The maximum Gasteiger partial charge on any atom is 0.0227 e. The van der Waals surface area contributed by atoms with Crippen LogP contribution in [0.15, 0.2) is 60.7 Å². The van der Waals surface area contributed by atoms with Gasteiger partial charge in [-0.2, -0.15) is 0 Å². The van der Waals surface area contributed by atoms with E-state index in [4.69, 9.17) is 0 Å². The minimum atomic E-state index is 0.183. The van der Waals surface area contributed by atoms with E-state index in [1.165, 1.54) is 50.0 Å². The molecule has 0 unspecified atom stereocenters. The number of nitrogens with zero attached hydrogens (tertiary/aromatic N) is 1. The Morgan fingerprint density at radius 3 is 1.87 bits per heavy atom. The Balaban J connectivity index is 1.80. The predicted octanol–water partition coefficient (Wildman–Crippen LogP) is 3.68. The Kier molecular flexibility index (Phi) is 5.47. The standard InChI is InChI=1S/C21H28N2/c1-22-15-8-16-23-17-13-21(14-18-23,19-9-4-2-5-10-19)20-11-6-3-7-12-20/h2-7,9-12,22H,8,13-18H2,1H3. The van der Waals surface area contributed by atoms with E-state index in [0.29, 0.717) is 0 Å². The summed E-state index contributed by atoms with van der Waals surface area (Å²) < 4.78 is 0. The van der Waals surface area contributed by atoms with Gasteiger partial charge in [0, 0.05) is 5.41 Å². The van der Waals surface area contributed by atoms with Gasteiger partial charge in [0.1, 0.15) is 0 Å². The molecule has 1 aliphatic rings. The summed E-state index contributed by atoms with van der Waals surface area (Å²) in [6, 6.07) is 22.2. The number of hydrogen-bond acceptors (Lipinski definition) is 2. The molecular formula is C21H28N2. The minimum absolute atomic E-state index is 0.183. The Labute approximate surface area is 140 Å². The molecule has 0 aliphatic carbocycles. The second-order valence-corrected chi connectivity index (χ2v) is 6.61. The van der Waals surface area contributed by atoms with Crippen molar-refractivity contribution < 1.29 is 0 Å². The third-order valence-corrected chi connectivity index (χ3v) is 5.26. The van der Waals surface area contributed by atoms with Gasteiger partial charge in [0.25, 0.3) is 0 Å². The van der Waals surface area contributed by atoms with Crippen LogP contribution >= 0.6 is 0 Å². The van der Waals surface area contributed by atoms with Crippen LogP contribution in [0.5, 0.6) is 0 Å². The van der Waals surface area contributed by atoms with Crippen LogP contribution in [0.25, 0.3) is 0 Å². The third-order valence-electron chi connectivity index (χ3n) is 5.26. The van der Waals surface area contributed by atoms with E-state index < -0.39 is 0 Å². The number of nitrogens with one attached hydrogen (secondary N) is 1. The van der Waals surface area contributed by atoms with Crippen molar-refractivity contribution in [2.75, 3.05) is 33.2 Å². The van der Waals surface area contributed by atoms with Crippen LogP contribution < -0.4 is 5.32 Å². The van der Waals surface area contributed by atoms with Crippen LogP contribution in [0.1, 0.15) is 30.4 Å². The van der Waals surface area contributed by atoms with Gasteiger partial charge < -0.3 is 10.2 Å². The first-order valence-electron chi connectivity index (χ1n) is 8.83. The van der Waals surface area contributed by atoms with E-state index in [-0.39, 0.29) is 5.41 Å². The fourth-order valence-corrected chi connectivity index (χ4v) is 3.90. The smallest absolute Gasteiger partial charge is 0.0227 e. The second-order valence-electron chi connectivity index (χ2n) is 6.61. The SMILES string of the molecule is CNCCCN1CCC(c2ccccc2)(c2ccccc2)CC1. The molecule has 2 aromatic rings. The number of benzene rings is 2. The largest absolute Gasteiger partial charge is 0.320 e. The van der Waals surface area contributed by atoms with Crippen molar-refractivity contribution >= 4 is 0 Å². The Morgan fingerprint density at radius 2 is 1.39 bits per heavy atom. The lowest BCUT2D eigenvalue weighted by Gasteiger charge is -2.43. The van der Waals surface area contributed by atoms with Crippen molar-refractivity contribution in [1.82, 2.24) is 10.2 Å². The molecule has 0 radical (unpaired) electrons. The molecule has 0 spiro atoms. The molecule has 0 aromatic heterocycles. The van der Waals surface area contributed by atoms with Crippen molar-refractivity contribution in [3.8, 4) is 0 Å². The predicted molar refractivity (Wildman–Crippen MR) is 97.9 cm³/mol. The van der Waals surface area contributed by atoms with Gasteiger partial charge in [0.05, 0.1) is 0 Å². The minimum Gasteiger partial charge on any atom is -0.320 e. The lowest BCUT2D eigenvalue weighted by atomic mass is 9.68. The van der Waals surface area contributed by atoms with Crippen molar-refractivity contribution in [2.24, 2.45) is 0 Å². The van der Waals surface area contributed by atoms with Gasteiger partial charge in [-0.25, -0.2) is 0 Å². The molecule has 0 bridgehead atoms. The topological polar surface area (TPSA) is 15.3 Å². The molecule has 2 heteroatoms. The maximum absolute atomic E-state index is 3.25. The van der Waals surface area contributed by atoms with Gasteiger partial charge in [-0.15, -0.1) is 0 Å². The van der Waals surface area contributed by atoms with E-state index in [9.17, 15) is 0 Å². The Morgan fingerprint density at radius 1 is 0.870 bits per heavy atom. The highest BCUT2D eigenvalue weighted by atomic mass is 15.1. The number of likely N-dealkylation sites (tertiary alicyclic amines) is 1. The molecule has 0 amide bonds. The third kappa shape index (κ3) is 3.65. The second kappa shape index (κ2) is 7.76. The van der Waals surface area contributed by atoms with Crippen molar-refractivity contribution in [3.63, 3.8) is 0 Å². The van der Waals surface area contributed by atoms with Crippen molar-refractivity contribution in [1.29, 1.82) is 0 Å². The zero-order valence-electron chi connectivity index (χ0n) is 14.2. The van der Waals surface area contributed by atoms with Crippen LogP contribution in [0, 0.1) is 0 Å². The van der Waals surface area contributed by atoms with Gasteiger partial charge in [-0.05, 0) is 63.6 Å². The average molecular weight is 308 g/mol. The zero-order valence-corrected chi connectivity index (χ0v) is 14.2. The molecule has 0 atom stereocenters. The zero-order chi connectivity index (χ0) is 16.0. The van der Waals surface area contributed by atoms with Gasteiger partial charge in [-0.3, -0.25) is 0 Å². The summed E-state index contributed by atoms with van der Waals surface area (Å²) in [6.07, 6.45) is 3.65. The lowest BCUT2D eigenvalue weighted by Crippen LogP contribution is -2.43. The number of piperidine rings is 1. The summed E-state index contributed by atoms with van der Waals surface area (Å²) in [5.41, 5.74) is 3.13. The molecule has 1 N–H and O–H groups in total. The van der Waals surface area contributed by atoms with Crippen molar-refractivity contribution in [2.45, 2.75) is 24.7 Å². The highest BCUT2D eigenvalue weighted by Crippen LogP contribution is 2.41. The summed E-state index contributed by atoms with van der Waals surface area (Å²) in [4.78, 5) is 2.63. The first-order chi connectivity index (χ1) is 11.3. The van der Waals surface area contributed by atoms with Crippen LogP contribution in [-0.4, -0.2) is 38.1 Å². The summed E-state index contributed by atoms with van der Waals surface area (Å²) >= 11 is 0. The maximum atomic E-state index is 3.25. The molecule has 1 fully saturated rings. The van der Waals surface area contributed by atoms with Gasteiger partial charge >= 0.3 is 0 Å². The van der Waals surface area contributed by atoms with Gasteiger partial charge in [0.15, 0.2) is 0 Å². The average Bonchev–Trinajstić information content (AvgIpc) is 2.64. The number of rotatable bonds is 6. The first kappa shape index (κ1) is 16.2. The molecular weight excluding hydrogens is 280 g/mol. The molecule has 2 nitrogen and oxygen atoms in total. The van der Waals surface area contributed by atoms with Gasteiger partial charge in [-0.1, -0.05) is 60.7 Å².